The topological polar surface area (TPSA) is 90.1 Å². The fourth-order valence-electron chi connectivity index (χ4n) is 1.10. The van der Waals surface area contributed by atoms with Crippen LogP contribution in [-0.4, -0.2) is 63.1 Å². The molecule has 0 aliphatic rings. The third kappa shape index (κ3) is 4.22. The summed E-state index contributed by atoms with van der Waals surface area (Å²) in [6.07, 6.45) is 0. The Bertz CT molecular complexity index is 417. The number of hydrogen-bond acceptors (Lipinski definition) is 4. The van der Waals surface area contributed by atoms with Crippen molar-refractivity contribution < 1.29 is 20.1 Å². The molecule has 1 aromatic rings. The van der Waals surface area contributed by atoms with Crippen LogP contribution in [0.1, 0.15) is 12.5 Å². The van der Waals surface area contributed by atoms with Crippen LogP contribution in [0.3, 0.4) is 0 Å². The molecule has 3 N–H and O–H groups in total. The molecule has 0 radical (unpaired) electrons. The summed E-state index contributed by atoms with van der Waals surface area (Å²) < 4.78 is 0. The van der Waals surface area contributed by atoms with Crippen LogP contribution in [0.5, 0.6) is 11.5 Å². The maximum atomic E-state index is 10.3. The number of phenols is 2. The van der Waals surface area contributed by atoms with Crippen molar-refractivity contribution in [1.29, 1.82) is 0 Å². The van der Waals surface area contributed by atoms with E-state index in [0.29, 0.717) is 11.3 Å². The molecular formula is C10H12NNaO4. The second-order valence-corrected chi connectivity index (χ2v) is 3.00. The molecule has 0 unspecified atom stereocenters. The van der Waals surface area contributed by atoms with Gasteiger partial charge in [0.05, 0.1) is 0 Å². The van der Waals surface area contributed by atoms with Crippen LogP contribution >= 0.6 is 0 Å². The molecule has 0 aliphatic carbocycles. The molecule has 0 aliphatic heterocycles. The number of carboxylic acid groups (broad SMARTS) is 1. The predicted octanol–water partition coefficient (Wildman–Crippen LogP) is 0.343. The van der Waals surface area contributed by atoms with Crippen molar-refractivity contribution in [2.24, 2.45) is 4.99 Å². The van der Waals surface area contributed by atoms with E-state index in [1.165, 1.54) is 18.2 Å². The number of benzene rings is 1. The first kappa shape index (κ1) is 15.0. The second kappa shape index (κ2) is 6.52. The van der Waals surface area contributed by atoms with Crippen LogP contribution in [0.4, 0.5) is 0 Å². The number of aliphatic carboxylic acids is 1. The summed E-state index contributed by atoms with van der Waals surface area (Å²) in [5, 5.41) is 26.9. The van der Waals surface area contributed by atoms with Gasteiger partial charge in [0.15, 0.2) is 0 Å². The number of aromatic hydroxyl groups is 2. The van der Waals surface area contributed by atoms with Crippen LogP contribution in [0, 0.1) is 0 Å². The van der Waals surface area contributed by atoms with E-state index in [0.717, 1.165) is 0 Å². The van der Waals surface area contributed by atoms with Gasteiger partial charge in [-0.15, -0.1) is 0 Å². The Morgan fingerprint density at radius 2 is 2.00 bits per heavy atom. The van der Waals surface area contributed by atoms with Crippen LogP contribution in [0.15, 0.2) is 23.2 Å². The fraction of sp³-hybridized carbons (Fsp3) is 0.200. The van der Waals surface area contributed by atoms with Crippen molar-refractivity contribution in [3.63, 3.8) is 0 Å². The first-order valence-electron chi connectivity index (χ1n) is 4.26. The van der Waals surface area contributed by atoms with Crippen LogP contribution in [0.2, 0.25) is 0 Å². The monoisotopic (exact) mass is 233 g/mol. The summed E-state index contributed by atoms with van der Waals surface area (Å²) in [7, 11) is 0. The molecule has 0 amide bonds. The number of nitrogens with zero attached hydrogens (tertiary/aromatic N) is 1. The third-order valence-electron chi connectivity index (χ3n) is 1.82. The van der Waals surface area contributed by atoms with E-state index in [2.05, 4.69) is 4.99 Å². The van der Waals surface area contributed by atoms with Gasteiger partial charge in [-0.25, -0.2) is 0 Å². The average Bonchev–Trinajstić information content (AvgIpc) is 2.14. The van der Waals surface area contributed by atoms with Gasteiger partial charge in [0, 0.05) is 17.3 Å². The Morgan fingerprint density at radius 3 is 2.50 bits per heavy atom. The quantitative estimate of drug-likeness (QED) is 0.518. The zero-order valence-electron chi connectivity index (χ0n) is 8.14. The van der Waals surface area contributed by atoms with Gasteiger partial charge in [-0.2, -0.15) is 0 Å². The number of phenolic OH excluding ortho intramolecular Hbond substituents is 2. The zero-order valence-corrected chi connectivity index (χ0v) is 8.14. The van der Waals surface area contributed by atoms with E-state index in [4.69, 9.17) is 10.2 Å². The van der Waals surface area contributed by atoms with E-state index < -0.39 is 5.97 Å². The maximum absolute atomic E-state index is 10.3. The Hall–Kier alpha value is -1.04. The number of carboxylic acids is 1. The Kier molecular flexibility index (Phi) is 6.10. The minimum atomic E-state index is -1.03. The van der Waals surface area contributed by atoms with Crippen molar-refractivity contribution >= 4 is 41.2 Å². The summed E-state index contributed by atoms with van der Waals surface area (Å²) in [5.41, 5.74) is 0.823. The van der Waals surface area contributed by atoms with Gasteiger partial charge in [-0.3, -0.25) is 9.79 Å². The molecule has 6 heteroatoms. The number of hydrogen-bond donors (Lipinski definition) is 3. The molecule has 5 nitrogen and oxygen atoms in total. The van der Waals surface area contributed by atoms with Crippen molar-refractivity contribution in [2.75, 3.05) is 6.54 Å². The summed E-state index contributed by atoms with van der Waals surface area (Å²) in [6.45, 7) is 1.25. The van der Waals surface area contributed by atoms with E-state index >= 15 is 0 Å². The number of aliphatic imine (C=N–C) groups is 1. The van der Waals surface area contributed by atoms with E-state index in [1.807, 2.05) is 0 Å². The third-order valence-corrected chi connectivity index (χ3v) is 1.82. The standard InChI is InChI=1S/C10H11NO4.Na.H/c1-6(11-5-10(14)15)8-3-2-7(12)4-9(8)13;;/h2-4,12-13H,5H2,1H3,(H,14,15);;. The normalized spacial score (nSPS) is 10.7. The van der Waals surface area contributed by atoms with E-state index in [-0.39, 0.29) is 47.6 Å². The number of carbonyl (C=O) groups is 1. The van der Waals surface area contributed by atoms with Crippen molar-refractivity contribution in [3.8, 4) is 11.5 Å². The van der Waals surface area contributed by atoms with E-state index in [9.17, 15) is 9.90 Å². The molecule has 0 saturated carbocycles. The van der Waals surface area contributed by atoms with Crippen LogP contribution in [0.25, 0.3) is 0 Å². The average molecular weight is 233 g/mol. The predicted molar refractivity (Wildman–Crippen MR) is 61.6 cm³/mol. The van der Waals surface area contributed by atoms with Crippen molar-refractivity contribution in [3.05, 3.63) is 23.8 Å². The Balaban J connectivity index is 0.00000225. The molecule has 0 heterocycles. The summed E-state index contributed by atoms with van der Waals surface area (Å²) >= 11 is 0. The van der Waals surface area contributed by atoms with Gasteiger partial charge in [-0.1, -0.05) is 0 Å². The molecule has 0 atom stereocenters. The Morgan fingerprint density at radius 1 is 1.38 bits per heavy atom. The molecule has 0 spiro atoms. The summed E-state index contributed by atoms with van der Waals surface area (Å²) in [5.74, 6) is -1.21. The molecule has 1 rings (SSSR count). The Labute approximate surface area is 115 Å². The fourth-order valence-corrected chi connectivity index (χ4v) is 1.10. The summed E-state index contributed by atoms with van der Waals surface area (Å²) in [4.78, 5) is 14.0. The minimum absolute atomic E-state index is 0. The number of rotatable bonds is 3. The molecule has 82 valence electrons. The van der Waals surface area contributed by atoms with Gasteiger partial charge >= 0.3 is 35.5 Å². The SMILES string of the molecule is CC(=NCC(=O)O)c1ccc(O)cc1O.[NaH]. The molecule has 1 aromatic carbocycles. The van der Waals surface area contributed by atoms with Gasteiger partial charge in [0.2, 0.25) is 0 Å². The van der Waals surface area contributed by atoms with Crippen molar-refractivity contribution in [2.45, 2.75) is 6.92 Å². The van der Waals surface area contributed by atoms with Gasteiger partial charge in [-0.05, 0) is 19.1 Å². The van der Waals surface area contributed by atoms with Crippen LogP contribution in [-0.2, 0) is 4.79 Å². The van der Waals surface area contributed by atoms with Crippen LogP contribution < -0.4 is 0 Å². The molecule has 0 fully saturated rings. The van der Waals surface area contributed by atoms with Gasteiger partial charge < -0.3 is 15.3 Å². The van der Waals surface area contributed by atoms with Gasteiger partial charge in [0.25, 0.3) is 0 Å². The molecule has 0 aromatic heterocycles. The summed E-state index contributed by atoms with van der Waals surface area (Å²) in [6, 6.07) is 4.05. The first-order chi connectivity index (χ1) is 7.00. The second-order valence-electron chi connectivity index (χ2n) is 3.00. The van der Waals surface area contributed by atoms with E-state index in [1.54, 1.807) is 6.92 Å². The molecule has 0 bridgehead atoms. The first-order valence-corrected chi connectivity index (χ1v) is 4.26. The van der Waals surface area contributed by atoms with Gasteiger partial charge in [0.1, 0.15) is 18.0 Å². The zero-order chi connectivity index (χ0) is 11.4. The van der Waals surface area contributed by atoms with Crippen molar-refractivity contribution in [1.82, 2.24) is 0 Å². The molecular weight excluding hydrogens is 221 g/mol. The molecule has 0 saturated heterocycles. The molecule has 16 heavy (non-hydrogen) atoms.